The molecule has 2 aromatic carbocycles. The van der Waals surface area contributed by atoms with Crippen LogP contribution in [0.4, 0.5) is 8.78 Å². The molecule has 0 aliphatic carbocycles. The second kappa shape index (κ2) is 11.4. The minimum atomic E-state index is -4.29. The Hall–Kier alpha value is -2.78. The highest BCUT2D eigenvalue weighted by Crippen LogP contribution is 2.27. The monoisotopic (exact) mass is 481 g/mol. The molecule has 33 heavy (non-hydrogen) atoms. The van der Waals surface area contributed by atoms with Crippen LogP contribution in [0.2, 0.25) is 0 Å². The minimum absolute atomic E-state index is 0.135. The fourth-order valence-electron chi connectivity index (χ4n) is 3.01. The Kier molecular flexibility index (Phi) is 9.13. The van der Waals surface area contributed by atoms with Gasteiger partial charge in [0.2, 0.25) is 10.0 Å². The van der Waals surface area contributed by atoms with Gasteiger partial charge in [-0.2, -0.15) is 4.31 Å². The molecule has 0 heterocycles. The third kappa shape index (κ3) is 7.94. The average molecular weight is 482 g/mol. The maximum atomic E-state index is 13.9. The molecular formula is C24H29F2NO5S. The smallest absolute Gasteiger partial charge is 0.325 e. The molecule has 1 atom stereocenters. The predicted octanol–water partition coefficient (Wildman–Crippen LogP) is 4.81. The van der Waals surface area contributed by atoms with E-state index in [0.29, 0.717) is 11.3 Å². The maximum absolute atomic E-state index is 13.9. The first-order valence-corrected chi connectivity index (χ1v) is 11.8. The largest absolute Gasteiger partial charge is 0.491 e. The number of hydrogen-bond donors (Lipinski definition) is 0. The van der Waals surface area contributed by atoms with Gasteiger partial charge in [-0.05, 0) is 50.6 Å². The molecule has 0 spiro atoms. The summed E-state index contributed by atoms with van der Waals surface area (Å²) in [6, 6.07) is 12.5. The molecule has 0 unspecified atom stereocenters. The summed E-state index contributed by atoms with van der Waals surface area (Å²) in [6.45, 7) is 7.09. The van der Waals surface area contributed by atoms with Gasteiger partial charge in [0.15, 0.2) is 0 Å². The SMILES string of the molecule is C=C(F)C[C@H](C(=O)OC(C)(C)C)N(Cc1ccccc1)S(=O)(=O)c1ccc(OCCF)cc1. The minimum Gasteiger partial charge on any atom is -0.491 e. The first kappa shape index (κ1) is 26.5. The first-order chi connectivity index (χ1) is 15.4. The summed E-state index contributed by atoms with van der Waals surface area (Å²) in [4.78, 5) is 12.8. The van der Waals surface area contributed by atoms with Gasteiger partial charge in [0, 0.05) is 13.0 Å². The quantitative estimate of drug-likeness (QED) is 0.431. The fraction of sp³-hybridized carbons (Fsp3) is 0.375. The Bertz CT molecular complexity index is 1030. The molecule has 0 N–H and O–H groups in total. The van der Waals surface area contributed by atoms with Gasteiger partial charge in [-0.15, -0.1) is 0 Å². The Balaban J connectivity index is 2.52. The molecular weight excluding hydrogens is 452 g/mol. The van der Waals surface area contributed by atoms with Crippen molar-refractivity contribution < 1.29 is 31.5 Å². The van der Waals surface area contributed by atoms with Crippen LogP contribution in [0.5, 0.6) is 5.75 Å². The number of rotatable bonds is 11. The van der Waals surface area contributed by atoms with E-state index in [2.05, 4.69) is 6.58 Å². The van der Waals surface area contributed by atoms with Crippen LogP contribution in [0.1, 0.15) is 32.8 Å². The topological polar surface area (TPSA) is 72.9 Å². The summed E-state index contributed by atoms with van der Waals surface area (Å²) in [5.41, 5.74) is -0.313. The Morgan fingerprint density at radius 2 is 1.70 bits per heavy atom. The lowest BCUT2D eigenvalue weighted by atomic mass is 10.1. The molecule has 0 saturated carbocycles. The van der Waals surface area contributed by atoms with Crippen molar-refractivity contribution in [2.45, 2.75) is 50.3 Å². The fourth-order valence-corrected chi connectivity index (χ4v) is 4.57. The Morgan fingerprint density at radius 1 is 1.09 bits per heavy atom. The molecule has 0 fully saturated rings. The molecule has 0 radical (unpaired) electrons. The lowest BCUT2D eigenvalue weighted by Gasteiger charge is -2.31. The van der Waals surface area contributed by atoms with Gasteiger partial charge in [0.25, 0.3) is 0 Å². The van der Waals surface area contributed by atoms with Crippen LogP contribution in [0.25, 0.3) is 0 Å². The van der Waals surface area contributed by atoms with E-state index in [4.69, 9.17) is 9.47 Å². The van der Waals surface area contributed by atoms with Crippen LogP contribution in [-0.2, 0) is 26.1 Å². The Labute approximate surface area is 193 Å². The molecule has 6 nitrogen and oxygen atoms in total. The highest BCUT2D eigenvalue weighted by atomic mass is 32.2. The summed E-state index contributed by atoms with van der Waals surface area (Å²) in [6.07, 6.45) is -0.557. The summed E-state index contributed by atoms with van der Waals surface area (Å²) in [5, 5.41) is 0. The number of nitrogens with zero attached hydrogens (tertiary/aromatic N) is 1. The van der Waals surface area contributed by atoms with Crippen LogP contribution in [0.15, 0.2) is 71.9 Å². The zero-order chi connectivity index (χ0) is 24.6. The third-order valence-electron chi connectivity index (χ3n) is 4.40. The van der Waals surface area contributed by atoms with Crippen molar-refractivity contribution in [3.63, 3.8) is 0 Å². The number of benzene rings is 2. The van der Waals surface area contributed by atoms with Crippen LogP contribution >= 0.6 is 0 Å². The maximum Gasteiger partial charge on any atom is 0.325 e. The second-order valence-corrected chi connectivity index (χ2v) is 10.2. The van der Waals surface area contributed by atoms with Crippen molar-refractivity contribution in [3.05, 3.63) is 72.6 Å². The van der Waals surface area contributed by atoms with Crippen LogP contribution in [-0.4, -0.2) is 43.6 Å². The number of alkyl halides is 1. The van der Waals surface area contributed by atoms with Crippen LogP contribution < -0.4 is 4.74 Å². The molecule has 0 aliphatic rings. The van der Waals surface area contributed by atoms with Gasteiger partial charge in [-0.1, -0.05) is 36.9 Å². The standard InChI is InChI=1S/C24H29F2NO5S/c1-18(26)16-22(23(28)32-24(2,3)4)27(17-19-8-6-5-7-9-19)33(29,30)21-12-10-20(11-13-21)31-15-14-25/h5-13,22H,1,14-17H2,2-4H3/t22-/m1/s1. The summed E-state index contributed by atoms with van der Waals surface area (Å²) < 4.78 is 65.0. The number of esters is 1. The van der Waals surface area contributed by atoms with Gasteiger partial charge in [-0.3, -0.25) is 4.79 Å². The number of carbonyl (C=O) groups is 1. The van der Waals surface area contributed by atoms with Gasteiger partial charge < -0.3 is 9.47 Å². The molecule has 9 heteroatoms. The number of hydrogen-bond acceptors (Lipinski definition) is 5. The first-order valence-electron chi connectivity index (χ1n) is 10.3. The van der Waals surface area contributed by atoms with Crippen molar-refractivity contribution in [2.24, 2.45) is 0 Å². The van der Waals surface area contributed by atoms with E-state index in [1.54, 1.807) is 51.1 Å². The molecule has 0 aromatic heterocycles. The van der Waals surface area contributed by atoms with E-state index >= 15 is 0 Å². The predicted molar refractivity (Wildman–Crippen MR) is 122 cm³/mol. The van der Waals surface area contributed by atoms with Crippen LogP contribution in [0, 0.1) is 0 Å². The molecule has 0 amide bonds. The van der Waals surface area contributed by atoms with Gasteiger partial charge >= 0.3 is 5.97 Å². The van der Waals surface area contributed by atoms with Crippen molar-refractivity contribution in [1.29, 1.82) is 0 Å². The number of halogens is 2. The van der Waals surface area contributed by atoms with E-state index in [1.807, 2.05) is 0 Å². The van der Waals surface area contributed by atoms with E-state index in [1.165, 1.54) is 24.3 Å². The normalized spacial score (nSPS) is 12.9. The van der Waals surface area contributed by atoms with Gasteiger partial charge in [0.05, 0.1) is 10.7 Å². The second-order valence-electron chi connectivity index (χ2n) is 8.32. The van der Waals surface area contributed by atoms with Crippen molar-refractivity contribution in [1.82, 2.24) is 4.31 Å². The average Bonchev–Trinajstić information content (AvgIpc) is 2.74. The van der Waals surface area contributed by atoms with E-state index in [9.17, 15) is 22.0 Å². The summed E-state index contributed by atoms with van der Waals surface area (Å²) in [7, 11) is -4.29. The molecule has 2 aromatic rings. The molecule has 0 saturated heterocycles. The van der Waals surface area contributed by atoms with Crippen molar-refractivity contribution in [2.75, 3.05) is 13.3 Å². The third-order valence-corrected chi connectivity index (χ3v) is 6.27. The molecule has 0 aliphatic heterocycles. The van der Waals surface area contributed by atoms with E-state index in [0.717, 1.165) is 4.31 Å². The number of carbonyl (C=O) groups excluding carboxylic acids is 1. The zero-order valence-corrected chi connectivity index (χ0v) is 19.8. The lowest BCUT2D eigenvalue weighted by molar-refractivity contribution is -0.159. The molecule has 0 bridgehead atoms. The number of sulfonamides is 1. The molecule has 180 valence electrons. The highest BCUT2D eigenvalue weighted by molar-refractivity contribution is 7.89. The van der Waals surface area contributed by atoms with Gasteiger partial charge in [-0.25, -0.2) is 17.2 Å². The van der Waals surface area contributed by atoms with Crippen molar-refractivity contribution in [3.8, 4) is 5.75 Å². The summed E-state index contributed by atoms with van der Waals surface area (Å²) >= 11 is 0. The highest BCUT2D eigenvalue weighted by Gasteiger charge is 2.39. The lowest BCUT2D eigenvalue weighted by Crippen LogP contribution is -2.47. The molecule has 2 rings (SSSR count). The van der Waals surface area contributed by atoms with Crippen LogP contribution in [0.3, 0.4) is 0 Å². The summed E-state index contributed by atoms with van der Waals surface area (Å²) in [5.74, 6) is -1.44. The number of ether oxygens (including phenoxy) is 2. The van der Waals surface area contributed by atoms with E-state index in [-0.39, 0.29) is 18.0 Å². The van der Waals surface area contributed by atoms with Crippen molar-refractivity contribution >= 4 is 16.0 Å². The zero-order valence-electron chi connectivity index (χ0n) is 19.0. The van der Waals surface area contributed by atoms with E-state index < -0.39 is 46.6 Å². The van der Waals surface area contributed by atoms with Gasteiger partial charge in [0.1, 0.15) is 30.7 Å². The Morgan fingerprint density at radius 3 is 2.21 bits per heavy atom.